The largest absolute Gasteiger partial charge is 0.376 e. The summed E-state index contributed by atoms with van der Waals surface area (Å²) >= 11 is 1.55. The number of nitrogens with zero attached hydrogens (tertiary/aromatic N) is 2. The summed E-state index contributed by atoms with van der Waals surface area (Å²) in [6, 6.07) is 15.7. The van der Waals surface area contributed by atoms with Crippen LogP contribution in [0.3, 0.4) is 0 Å². The molecule has 1 amide bonds. The maximum atomic E-state index is 13.2. The molecule has 25 heavy (non-hydrogen) atoms. The minimum absolute atomic E-state index is 0.0189. The second-order valence-electron chi connectivity index (χ2n) is 6.38. The van der Waals surface area contributed by atoms with Crippen LogP contribution in [-0.2, 0) is 4.74 Å². The topological polar surface area (TPSA) is 42.4 Å². The third-order valence-corrected chi connectivity index (χ3v) is 5.53. The first kappa shape index (κ1) is 16.2. The van der Waals surface area contributed by atoms with Crippen LogP contribution in [0, 0.1) is 6.92 Å². The maximum Gasteiger partial charge on any atom is 0.260 e. The molecule has 1 aromatic heterocycles. The van der Waals surface area contributed by atoms with Crippen molar-refractivity contribution in [2.45, 2.75) is 25.9 Å². The number of carbonyl (C=O) groups is 1. The minimum Gasteiger partial charge on any atom is -0.376 e. The highest BCUT2D eigenvalue weighted by Gasteiger charge is 2.26. The lowest BCUT2D eigenvalue weighted by atomic mass is 10.1. The zero-order valence-electron chi connectivity index (χ0n) is 14.1. The van der Waals surface area contributed by atoms with E-state index in [4.69, 9.17) is 4.74 Å². The fourth-order valence-electron chi connectivity index (χ4n) is 3.07. The fraction of sp³-hybridized carbons (Fsp3) is 0.300. The smallest absolute Gasteiger partial charge is 0.260 e. The number of ether oxygens (including phenoxy) is 1. The first-order valence-electron chi connectivity index (χ1n) is 8.56. The Kier molecular flexibility index (Phi) is 4.51. The van der Waals surface area contributed by atoms with Crippen LogP contribution in [0.1, 0.15) is 28.8 Å². The minimum atomic E-state index is -0.0189. The summed E-state index contributed by atoms with van der Waals surface area (Å²) in [6.07, 6.45) is 2.13. The van der Waals surface area contributed by atoms with Crippen LogP contribution < -0.4 is 4.90 Å². The quantitative estimate of drug-likeness (QED) is 0.697. The van der Waals surface area contributed by atoms with E-state index in [0.717, 1.165) is 40.4 Å². The molecule has 128 valence electrons. The summed E-state index contributed by atoms with van der Waals surface area (Å²) in [5, 5.41) is 0.738. The first-order valence-corrected chi connectivity index (χ1v) is 9.38. The second kappa shape index (κ2) is 6.94. The van der Waals surface area contributed by atoms with Crippen molar-refractivity contribution in [2.24, 2.45) is 0 Å². The van der Waals surface area contributed by atoms with Gasteiger partial charge in [0.1, 0.15) is 0 Å². The van der Waals surface area contributed by atoms with Crippen LogP contribution in [0.2, 0.25) is 0 Å². The van der Waals surface area contributed by atoms with Gasteiger partial charge in [0.15, 0.2) is 5.13 Å². The van der Waals surface area contributed by atoms with Gasteiger partial charge >= 0.3 is 0 Å². The second-order valence-corrected chi connectivity index (χ2v) is 7.39. The Morgan fingerprint density at radius 1 is 1.24 bits per heavy atom. The Bertz CT molecular complexity index is 849. The summed E-state index contributed by atoms with van der Waals surface area (Å²) in [6.45, 7) is 3.34. The van der Waals surface area contributed by atoms with Crippen molar-refractivity contribution in [3.63, 3.8) is 0 Å². The molecule has 0 N–H and O–H groups in total. The molecule has 2 heterocycles. The van der Waals surface area contributed by atoms with Crippen LogP contribution in [0.4, 0.5) is 5.13 Å². The van der Waals surface area contributed by atoms with E-state index in [1.807, 2.05) is 55.5 Å². The van der Waals surface area contributed by atoms with E-state index in [1.54, 1.807) is 16.2 Å². The van der Waals surface area contributed by atoms with Crippen molar-refractivity contribution in [1.82, 2.24) is 4.98 Å². The van der Waals surface area contributed by atoms with Crippen molar-refractivity contribution in [1.29, 1.82) is 0 Å². The Morgan fingerprint density at radius 2 is 2.04 bits per heavy atom. The van der Waals surface area contributed by atoms with Gasteiger partial charge < -0.3 is 4.74 Å². The van der Waals surface area contributed by atoms with Crippen LogP contribution in [0.25, 0.3) is 10.2 Å². The van der Waals surface area contributed by atoms with Gasteiger partial charge in [-0.3, -0.25) is 9.69 Å². The maximum absolute atomic E-state index is 13.2. The molecular formula is C20H20N2O2S. The van der Waals surface area contributed by atoms with Crippen molar-refractivity contribution < 1.29 is 9.53 Å². The van der Waals surface area contributed by atoms with Gasteiger partial charge in [0.2, 0.25) is 0 Å². The molecule has 5 heteroatoms. The summed E-state index contributed by atoms with van der Waals surface area (Å²) in [4.78, 5) is 19.6. The number of benzene rings is 2. The normalized spacial score (nSPS) is 17.1. The molecule has 0 unspecified atom stereocenters. The number of aryl methyl sites for hydroxylation is 1. The van der Waals surface area contributed by atoms with Gasteiger partial charge in [0.25, 0.3) is 5.91 Å². The molecule has 1 aliphatic heterocycles. The highest BCUT2D eigenvalue weighted by molar-refractivity contribution is 7.22. The predicted molar refractivity (Wildman–Crippen MR) is 101 cm³/mol. The van der Waals surface area contributed by atoms with E-state index in [1.165, 1.54) is 0 Å². The number of fused-ring (bicyclic) bond motifs is 1. The predicted octanol–water partition coefficient (Wildman–Crippen LogP) is 4.43. The molecule has 1 atom stereocenters. The summed E-state index contributed by atoms with van der Waals surface area (Å²) in [7, 11) is 0. The number of amides is 1. The average molecular weight is 352 g/mol. The lowest BCUT2D eigenvalue weighted by Crippen LogP contribution is -2.37. The molecule has 0 aliphatic carbocycles. The Balaban J connectivity index is 1.69. The monoisotopic (exact) mass is 352 g/mol. The fourth-order valence-corrected chi connectivity index (χ4v) is 4.04. The highest BCUT2D eigenvalue weighted by Crippen LogP contribution is 2.30. The van der Waals surface area contributed by atoms with Gasteiger partial charge in [-0.1, -0.05) is 41.2 Å². The number of rotatable bonds is 4. The zero-order valence-corrected chi connectivity index (χ0v) is 15.0. The molecule has 0 saturated carbocycles. The number of para-hydroxylation sites is 1. The molecule has 1 saturated heterocycles. The van der Waals surface area contributed by atoms with E-state index in [2.05, 4.69) is 4.98 Å². The number of hydrogen-bond acceptors (Lipinski definition) is 4. The molecule has 3 aromatic rings. The van der Waals surface area contributed by atoms with E-state index >= 15 is 0 Å². The van der Waals surface area contributed by atoms with Crippen molar-refractivity contribution in [3.05, 3.63) is 59.7 Å². The summed E-state index contributed by atoms with van der Waals surface area (Å²) < 4.78 is 6.86. The summed E-state index contributed by atoms with van der Waals surface area (Å²) in [5.74, 6) is -0.0189. The van der Waals surface area contributed by atoms with Crippen molar-refractivity contribution in [2.75, 3.05) is 18.1 Å². The average Bonchev–Trinajstić information content (AvgIpc) is 3.29. The third kappa shape index (κ3) is 3.43. The Hall–Kier alpha value is -2.24. The van der Waals surface area contributed by atoms with Crippen LogP contribution >= 0.6 is 11.3 Å². The van der Waals surface area contributed by atoms with Crippen LogP contribution in [0.15, 0.2) is 48.5 Å². The molecule has 4 rings (SSSR count). The van der Waals surface area contributed by atoms with E-state index in [9.17, 15) is 4.79 Å². The SMILES string of the molecule is Cc1ccc(C(=O)N(C[C@@H]2CCCO2)c2nc3ccccc3s2)cc1. The van der Waals surface area contributed by atoms with Gasteiger partial charge in [-0.05, 0) is 44.0 Å². The highest BCUT2D eigenvalue weighted by atomic mass is 32.1. The lowest BCUT2D eigenvalue weighted by Gasteiger charge is -2.23. The lowest BCUT2D eigenvalue weighted by molar-refractivity contribution is 0.0917. The first-order chi connectivity index (χ1) is 12.2. The third-order valence-electron chi connectivity index (χ3n) is 4.47. The molecule has 2 aromatic carbocycles. The van der Waals surface area contributed by atoms with Crippen LogP contribution in [-0.4, -0.2) is 30.1 Å². The summed E-state index contributed by atoms with van der Waals surface area (Å²) in [5.41, 5.74) is 2.75. The molecule has 0 radical (unpaired) electrons. The standard InChI is InChI=1S/C20H20N2O2S/c1-14-8-10-15(11-9-14)19(23)22(13-16-5-4-12-24-16)20-21-17-6-2-3-7-18(17)25-20/h2-3,6-11,16H,4-5,12-13H2,1H3/t16-/m0/s1. The molecule has 1 fully saturated rings. The number of aromatic nitrogens is 1. The van der Waals surface area contributed by atoms with E-state index in [-0.39, 0.29) is 12.0 Å². The molecule has 0 spiro atoms. The Morgan fingerprint density at radius 3 is 2.76 bits per heavy atom. The van der Waals surface area contributed by atoms with Gasteiger partial charge in [0, 0.05) is 12.2 Å². The number of anilines is 1. The van der Waals surface area contributed by atoms with Gasteiger partial charge in [0.05, 0.1) is 22.9 Å². The molecule has 1 aliphatic rings. The number of carbonyl (C=O) groups excluding carboxylic acids is 1. The molecule has 0 bridgehead atoms. The van der Waals surface area contributed by atoms with E-state index in [0.29, 0.717) is 12.1 Å². The van der Waals surface area contributed by atoms with E-state index < -0.39 is 0 Å². The number of thiazole rings is 1. The van der Waals surface area contributed by atoms with Crippen molar-refractivity contribution >= 4 is 32.6 Å². The number of hydrogen-bond donors (Lipinski definition) is 0. The van der Waals surface area contributed by atoms with Gasteiger partial charge in [-0.25, -0.2) is 4.98 Å². The molecular weight excluding hydrogens is 332 g/mol. The Labute approximate surface area is 151 Å². The van der Waals surface area contributed by atoms with Gasteiger partial charge in [-0.2, -0.15) is 0 Å². The van der Waals surface area contributed by atoms with Crippen LogP contribution in [0.5, 0.6) is 0 Å². The van der Waals surface area contributed by atoms with Gasteiger partial charge in [-0.15, -0.1) is 0 Å². The zero-order chi connectivity index (χ0) is 17.2. The van der Waals surface area contributed by atoms with Crippen molar-refractivity contribution in [3.8, 4) is 0 Å². The molecule has 4 nitrogen and oxygen atoms in total.